The van der Waals surface area contributed by atoms with Gasteiger partial charge in [-0.3, -0.25) is 4.68 Å². The zero-order valence-corrected chi connectivity index (χ0v) is 11.8. The first kappa shape index (κ1) is 13.9. The molecule has 2 rings (SSSR count). The second kappa shape index (κ2) is 5.60. The van der Waals surface area contributed by atoms with Gasteiger partial charge in [-0.05, 0) is 18.6 Å². The van der Waals surface area contributed by atoms with Gasteiger partial charge in [0, 0.05) is 38.6 Å². The van der Waals surface area contributed by atoms with Crippen LogP contribution >= 0.6 is 0 Å². The SMILES string of the molecule is Cc1ccnc(N(C)Cc2cnn(C)c2)c1/C(N)=N/O. The number of aryl methyl sites for hydroxylation is 2. The van der Waals surface area contributed by atoms with Crippen LogP contribution in [0.4, 0.5) is 5.82 Å². The molecule has 20 heavy (non-hydrogen) atoms. The summed E-state index contributed by atoms with van der Waals surface area (Å²) in [5, 5.41) is 16.1. The van der Waals surface area contributed by atoms with Gasteiger partial charge < -0.3 is 15.8 Å². The first-order valence-corrected chi connectivity index (χ1v) is 6.15. The van der Waals surface area contributed by atoms with Crippen LogP contribution in [0, 0.1) is 6.92 Å². The summed E-state index contributed by atoms with van der Waals surface area (Å²) < 4.78 is 1.75. The molecule has 106 valence electrons. The van der Waals surface area contributed by atoms with E-state index < -0.39 is 0 Å². The Kier molecular flexibility index (Phi) is 3.88. The topological polar surface area (TPSA) is 92.6 Å². The van der Waals surface area contributed by atoms with Crippen molar-refractivity contribution in [2.75, 3.05) is 11.9 Å². The van der Waals surface area contributed by atoms with E-state index in [0.29, 0.717) is 17.9 Å². The minimum absolute atomic E-state index is 0.0589. The first-order chi connectivity index (χ1) is 9.52. The van der Waals surface area contributed by atoms with Crippen LogP contribution in [0.1, 0.15) is 16.7 Å². The first-order valence-electron chi connectivity index (χ1n) is 6.15. The number of nitrogens with zero attached hydrogens (tertiary/aromatic N) is 5. The van der Waals surface area contributed by atoms with E-state index in [1.165, 1.54) is 0 Å². The molecular weight excluding hydrogens is 256 g/mol. The highest BCUT2D eigenvalue weighted by Crippen LogP contribution is 2.21. The maximum atomic E-state index is 8.92. The Morgan fingerprint density at radius 3 is 2.90 bits per heavy atom. The number of rotatable bonds is 4. The molecule has 7 nitrogen and oxygen atoms in total. The highest BCUT2D eigenvalue weighted by atomic mass is 16.4. The predicted octanol–water partition coefficient (Wildman–Crippen LogP) is 0.854. The third-order valence-electron chi connectivity index (χ3n) is 3.04. The van der Waals surface area contributed by atoms with E-state index in [4.69, 9.17) is 10.9 Å². The van der Waals surface area contributed by atoms with E-state index >= 15 is 0 Å². The van der Waals surface area contributed by atoms with E-state index in [1.807, 2.05) is 38.2 Å². The van der Waals surface area contributed by atoms with Crippen molar-refractivity contribution >= 4 is 11.7 Å². The summed E-state index contributed by atoms with van der Waals surface area (Å²) in [4.78, 5) is 6.28. The molecule has 0 radical (unpaired) electrons. The lowest BCUT2D eigenvalue weighted by Crippen LogP contribution is -2.24. The zero-order chi connectivity index (χ0) is 14.7. The van der Waals surface area contributed by atoms with Crippen LogP contribution in [0.2, 0.25) is 0 Å². The molecule has 2 aromatic rings. The minimum Gasteiger partial charge on any atom is -0.409 e. The summed E-state index contributed by atoms with van der Waals surface area (Å²) in [6.45, 7) is 2.53. The Morgan fingerprint density at radius 2 is 2.30 bits per heavy atom. The van der Waals surface area contributed by atoms with E-state index in [-0.39, 0.29) is 5.84 Å². The van der Waals surface area contributed by atoms with Crippen LogP contribution < -0.4 is 10.6 Å². The van der Waals surface area contributed by atoms with Crippen molar-refractivity contribution in [1.82, 2.24) is 14.8 Å². The molecule has 2 aromatic heterocycles. The second-order valence-corrected chi connectivity index (χ2v) is 4.69. The normalized spacial score (nSPS) is 11.7. The number of pyridine rings is 1. The summed E-state index contributed by atoms with van der Waals surface area (Å²) in [6, 6.07) is 1.83. The Labute approximate surface area is 117 Å². The fourth-order valence-corrected chi connectivity index (χ4v) is 2.10. The van der Waals surface area contributed by atoms with Crippen LogP contribution in [-0.2, 0) is 13.6 Å². The molecule has 0 aromatic carbocycles. The van der Waals surface area contributed by atoms with Gasteiger partial charge in [-0.25, -0.2) is 4.98 Å². The van der Waals surface area contributed by atoms with Gasteiger partial charge in [0.15, 0.2) is 5.84 Å². The molecular formula is C13H18N6O. The molecule has 0 amide bonds. The third-order valence-corrected chi connectivity index (χ3v) is 3.04. The van der Waals surface area contributed by atoms with Crippen molar-refractivity contribution in [3.05, 3.63) is 41.3 Å². The van der Waals surface area contributed by atoms with E-state index in [9.17, 15) is 0 Å². The number of nitrogens with two attached hydrogens (primary N) is 1. The molecule has 0 aliphatic carbocycles. The third kappa shape index (κ3) is 2.71. The van der Waals surface area contributed by atoms with Gasteiger partial charge in [-0.1, -0.05) is 5.16 Å². The van der Waals surface area contributed by atoms with Crippen molar-refractivity contribution in [3.8, 4) is 0 Å². The Bertz CT molecular complexity index is 634. The maximum Gasteiger partial charge on any atom is 0.174 e. The molecule has 7 heteroatoms. The van der Waals surface area contributed by atoms with E-state index in [0.717, 1.165) is 11.1 Å². The molecule has 0 saturated heterocycles. The number of oxime groups is 1. The van der Waals surface area contributed by atoms with Crippen molar-refractivity contribution in [1.29, 1.82) is 0 Å². The van der Waals surface area contributed by atoms with Crippen LogP contribution in [0.25, 0.3) is 0 Å². The van der Waals surface area contributed by atoms with Gasteiger partial charge in [0.25, 0.3) is 0 Å². The molecule has 0 atom stereocenters. The van der Waals surface area contributed by atoms with Crippen LogP contribution in [0.15, 0.2) is 29.8 Å². The summed E-state index contributed by atoms with van der Waals surface area (Å²) >= 11 is 0. The van der Waals surface area contributed by atoms with Crippen LogP contribution in [0.5, 0.6) is 0 Å². The Hall–Kier alpha value is -2.57. The minimum atomic E-state index is 0.0589. The van der Waals surface area contributed by atoms with Crippen LogP contribution in [0.3, 0.4) is 0 Å². The molecule has 0 unspecified atom stereocenters. The van der Waals surface area contributed by atoms with Gasteiger partial charge in [0.2, 0.25) is 0 Å². The Balaban J connectivity index is 2.34. The Morgan fingerprint density at radius 1 is 1.55 bits per heavy atom. The summed E-state index contributed by atoms with van der Waals surface area (Å²) in [5.74, 6) is 0.729. The molecule has 0 aliphatic heterocycles. The molecule has 0 fully saturated rings. The number of aromatic nitrogens is 3. The fourth-order valence-electron chi connectivity index (χ4n) is 2.10. The average molecular weight is 274 g/mol. The fraction of sp³-hybridized carbons (Fsp3) is 0.308. The largest absolute Gasteiger partial charge is 0.409 e. The van der Waals surface area contributed by atoms with Crippen molar-refractivity contribution in [2.45, 2.75) is 13.5 Å². The van der Waals surface area contributed by atoms with Gasteiger partial charge in [0.05, 0.1) is 11.8 Å². The second-order valence-electron chi connectivity index (χ2n) is 4.69. The van der Waals surface area contributed by atoms with E-state index in [2.05, 4.69) is 15.2 Å². The summed E-state index contributed by atoms with van der Waals surface area (Å²) in [6.07, 6.45) is 5.45. The molecule has 2 heterocycles. The molecule has 0 saturated carbocycles. The average Bonchev–Trinajstić information content (AvgIpc) is 2.83. The van der Waals surface area contributed by atoms with Gasteiger partial charge in [-0.2, -0.15) is 5.10 Å². The standard InChI is InChI=1S/C13H18N6O/c1-9-4-5-15-13(11(9)12(14)17-20)18(2)7-10-6-16-19(3)8-10/h4-6,8,20H,7H2,1-3H3,(H2,14,17). The lowest BCUT2D eigenvalue weighted by atomic mass is 10.1. The quantitative estimate of drug-likeness (QED) is 0.373. The number of anilines is 1. The highest BCUT2D eigenvalue weighted by Gasteiger charge is 2.15. The van der Waals surface area contributed by atoms with Crippen molar-refractivity contribution < 1.29 is 5.21 Å². The highest BCUT2D eigenvalue weighted by molar-refractivity contribution is 6.02. The predicted molar refractivity (Wildman–Crippen MR) is 76.8 cm³/mol. The zero-order valence-electron chi connectivity index (χ0n) is 11.8. The van der Waals surface area contributed by atoms with Gasteiger partial charge >= 0.3 is 0 Å². The van der Waals surface area contributed by atoms with Gasteiger partial charge in [0.1, 0.15) is 5.82 Å². The number of amidine groups is 1. The van der Waals surface area contributed by atoms with Crippen molar-refractivity contribution in [2.24, 2.45) is 17.9 Å². The van der Waals surface area contributed by atoms with Gasteiger partial charge in [-0.15, -0.1) is 0 Å². The molecule has 0 spiro atoms. The molecule has 3 N–H and O–H groups in total. The summed E-state index contributed by atoms with van der Waals surface area (Å²) in [7, 11) is 3.78. The monoisotopic (exact) mass is 274 g/mol. The molecule has 0 bridgehead atoms. The van der Waals surface area contributed by atoms with Crippen molar-refractivity contribution in [3.63, 3.8) is 0 Å². The van der Waals surface area contributed by atoms with E-state index in [1.54, 1.807) is 17.1 Å². The van der Waals surface area contributed by atoms with Crippen LogP contribution in [-0.4, -0.2) is 32.9 Å². The summed E-state index contributed by atoms with van der Waals surface area (Å²) in [5.41, 5.74) is 8.35. The lowest BCUT2D eigenvalue weighted by Gasteiger charge is -2.21. The lowest BCUT2D eigenvalue weighted by molar-refractivity contribution is 0.318. The number of hydrogen-bond acceptors (Lipinski definition) is 5. The molecule has 0 aliphatic rings. The maximum absolute atomic E-state index is 8.92. The number of hydrogen-bond donors (Lipinski definition) is 2. The smallest absolute Gasteiger partial charge is 0.174 e.